The van der Waals surface area contributed by atoms with Gasteiger partial charge in [-0.1, -0.05) is 12.1 Å². The van der Waals surface area contributed by atoms with Crippen molar-refractivity contribution in [1.82, 2.24) is 9.97 Å². The molecule has 2 heteroatoms. The maximum Gasteiger partial charge on any atom is 0.0917 e. The van der Waals surface area contributed by atoms with Crippen molar-refractivity contribution in [3.8, 4) is 11.3 Å². The summed E-state index contributed by atoms with van der Waals surface area (Å²) in [5.74, 6) is 0. The van der Waals surface area contributed by atoms with E-state index in [9.17, 15) is 0 Å². The molecule has 0 amide bonds. The third-order valence-corrected chi connectivity index (χ3v) is 3.38. The lowest BCUT2D eigenvalue weighted by molar-refractivity contribution is 1.06. The highest BCUT2D eigenvalue weighted by atomic mass is 14.8. The first-order valence-corrected chi connectivity index (χ1v) is 5.88. The third kappa shape index (κ3) is 2.07. The molecular weight excluding hydrogens is 208 g/mol. The van der Waals surface area contributed by atoms with E-state index >= 15 is 0 Å². The second-order valence-corrected chi connectivity index (χ2v) is 4.63. The van der Waals surface area contributed by atoms with Crippen LogP contribution in [0.25, 0.3) is 11.3 Å². The molecule has 0 aliphatic heterocycles. The molecule has 2 aromatic rings. The molecule has 0 bridgehead atoms. The molecule has 1 aromatic heterocycles. The summed E-state index contributed by atoms with van der Waals surface area (Å²) < 4.78 is 0. The Hall–Kier alpha value is -1.70. The van der Waals surface area contributed by atoms with Gasteiger partial charge in [0.2, 0.25) is 0 Å². The number of benzene rings is 1. The number of rotatable bonds is 1. The fourth-order valence-corrected chi connectivity index (χ4v) is 2.07. The molecule has 0 radical (unpaired) electrons. The van der Waals surface area contributed by atoms with Crippen LogP contribution in [0, 0.1) is 34.6 Å². The van der Waals surface area contributed by atoms with Gasteiger partial charge in [-0.05, 0) is 51.3 Å². The molecule has 0 spiro atoms. The molecule has 0 unspecified atom stereocenters. The quantitative estimate of drug-likeness (QED) is 0.741. The molecule has 1 aromatic carbocycles. The molecular formula is C15H18N2. The van der Waals surface area contributed by atoms with E-state index in [-0.39, 0.29) is 0 Å². The van der Waals surface area contributed by atoms with Gasteiger partial charge in [0.15, 0.2) is 0 Å². The van der Waals surface area contributed by atoms with Crippen molar-refractivity contribution in [2.45, 2.75) is 34.6 Å². The largest absolute Gasteiger partial charge is 0.255 e. The number of nitrogens with zero attached hydrogens (tertiary/aromatic N) is 2. The Bertz CT molecular complexity index is 571. The molecule has 0 fully saturated rings. The van der Waals surface area contributed by atoms with Crippen LogP contribution in [0.5, 0.6) is 0 Å². The number of aryl methyl sites for hydroxylation is 3. The normalized spacial score (nSPS) is 10.6. The zero-order valence-corrected chi connectivity index (χ0v) is 11.1. The van der Waals surface area contributed by atoms with Crippen LogP contribution >= 0.6 is 0 Å². The first-order valence-electron chi connectivity index (χ1n) is 5.88. The van der Waals surface area contributed by atoms with Crippen LogP contribution in [-0.4, -0.2) is 9.97 Å². The second kappa shape index (κ2) is 4.28. The Morgan fingerprint density at radius 3 is 2.24 bits per heavy atom. The lowest BCUT2D eigenvalue weighted by Gasteiger charge is -2.12. The van der Waals surface area contributed by atoms with Crippen molar-refractivity contribution in [3.05, 3.63) is 46.4 Å². The second-order valence-electron chi connectivity index (χ2n) is 4.63. The lowest BCUT2D eigenvalue weighted by atomic mass is 9.96. The van der Waals surface area contributed by atoms with Gasteiger partial charge in [-0.2, -0.15) is 0 Å². The number of hydrogen-bond donors (Lipinski definition) is 0. The molecule has 0 aliphatic carbocycles. The summed E-state index contributed by atoms with van der Waals surface area (Å²) in [5, 5.41) is 0. The van der Waals surface area contributed by atoms with Gasteiger partial charge in [0.25, 0.3) is 0 Å². The summed E-state index contributed by atoms with van der Waals surface area (Å²) in [6.45, 7) is 10.4. The Balaban J connectivity index is 2.65. The highest BCUT2D eigenvalue weighted by molar-refractivity contribution is 5.67. The van der Waals surface area contributed by atoms with E-state index in [4.69, 9.17) is 0 Å². The van der Waals surface area contributed by atoms with Crippen LogP contribution in [0.2, 0.25) is 0 Å². The standard InChI is InChI=1S/C15H18N2/c1-9-6-7-14(12(4)11(9)3)15-13(5)17-10(2)8-16-15/h6-8H,1-5H3. The molecule has 0 aliphatic rings. The van der Waals surface area contributed by atoms with E-state index in [0.29, 0.717) is 0 Å². The summed E-state index contributed by atoms with van der Waals surface area (Å²) in [7, 11) is 0. The highest BCUT2D eigenvalue weighted by Gasteiger charge is 2.10. The van der Waals surface area contributed by atoms with E-state index in [0.717, 1.165) is 17.1 Å². The van der Waals surface area contributed by atoms with Crippen LogP contribution in [0.1, 0.15) is 28.1 Å². The molecule has 0 N–H and O–H groups in total. The van der Waals surface area contributed by atoms with Crippen molar-refractivity contribution in [1.29, 1.82) is 0 Å². The van der Waals surface area contributed by atoms with Crippen LogP contribution in [0.4, 0.5) is 0 Å². The van der Waals surface area contributed by atoms with Crippen molar-refractivity contribution in [2.75, 3.05) is 0 Å². The fraction of sp³-hybridized carbons (Fsp3) is 0.333. The highest BCUT2D eigenvalue weighted by Crippen LogP contribution is 2.27. The summed E-state index contributed by atoms with van der Waals surface area (Å²) >= 11 is 0. The summed E-state index contributed by atoms with van der Waals surface area (Å²) in [6, 6.07) is 4.29. The monoisotopic (exact) mass is 226 g/mol. The molecule has 2 nitrogen and oxygen atoms in total. The average Bonchev–Trinajstić information content (AvgIpc) is 2.28. The Morgan fingerprint density at radius 2 is 1.59 bits per heavy atom. The topological polar surface area (TPSA) is 25.8 Å². The first kappa shape index (κ1) is 11.8. The Labute approximate surface area is 103 Å². The van der Waals surface area contributed by atoms with E-state index < -0.39 is 0 Å². The van der Waals surface area contributed by atoms with Gasteiger partial charge in [-0.25, -0.2) is 0 Å². The maximum atomic E-state index is 4.52. The summed E-state index contributed by atoms with van der Waals surface area (Å²) in [5.41, 5.74) is 8.11. The van der Waals surface area contributed by atoms with Crippen molar-refractivity contribution < 1.29 is 0 Å². The predicted molar refractivity (Wildman–Crippen MR) is 71.2 cm³/mol. The van der Waals surface area contributed by atoms with E-state index in [1.807, 2.05) is 20.0 Å². The number of hydrogen-bond acceptors (Lipinski definition) is 2. The predicted octanol–water partition coefficient (Wildman–Crippen LogP) is 3.69. The molecule has 17 heavy (non-hydrogen) atoms. The lowest BCUT2D eigenvalue weighted by Crippen LogP contribution is -1.98. The third-order valence-electron chi connectivity index (χ3n) is 3.38. The van der Waals surface area contributed by atoms with Crippen molar-refractivity contribution in [3.63, 3.8) is 0 Å². The molecule has 0 atom stereocenters. The SMILES string of the molecule is Cc1cnc(-c2ccc(C)c(C)c2C)c(C)n1. The van der Waals surface area contributed by atoms with Gasteiger partial charge in [0.05, 0.1) is 17.1 Å². The fourth-order valence-electron chi connectivity index (χ4n) is 2.07. The van der Waals surface area contributed by atoms with Gasteiger partial charge in [-0.3, -0.25) is 9.97 Å². The van der Waals surface area contributed by atoms with Gasteiger partial charge in [-0.15, -0.1) is 0 Å². The molecule has 0 saturated carbocycles. The maximum absolute atomic E-state index is 4.52. The van der Waals surface area contributed by atoms with Gasteiger partial charge < -0.3 is 0 Å². The number of aromatic nitrogens is 2. The summed E-state index contributed by atoms with van der Waals surface area (Å²) in [6.07, 6.45) is 1.83. The van der Waals surface area contributed by atoms with Crippen LogP contribution < -0.4 is 0 Å². The smallest absolute Gasteiger partial charge is 0.0917 e. The minimum absolute atomic E-state index is 0.965. The van der Waals surface area contributed by atoms with E-state index in [2.05, 4.69) is 42.9 Å². The van der Waals surface area contributed by atoms with Crippen molar-refractivity contribution >= 4 is 0 Å². The van der Waals surface area contributed by atoms with Crippen LogP contribution in [-0.2, 0) is 0 Å². The van der Waals surface area contributed by atoms with Crippen LogP contribution in [0.3, 0.4) is 0 Å². The zero-order chi connectivity index (χ0) is 12.6. The minimum Gasteiger partial charge on any atom is -0.255 e. The minimum atomic E-state index is 0.965. The average molecular weight is 226 g/mol. The van der Waals surface area contributed by atoms with E-state index in [1.54, 1.807) is 0 Å². The van der Waals surface area contributed by atoms with Gasteiger partial charge in [0.1, 0.15) is 0 Å². The van der Waals surface area contributed by atoms with Crippen molar-refractivity contribution in [2.24, 2.45) is 0 Å². The molecule has 1 heterocycles. The molecule has 88 valence electrons. The molecule has 2 rings (SSSR count). The summed E-state index contributed by atoms with van der Waals surface area (Å²) in [4.78, 5) is 9.00. The Morgan fingerprint density at radius 1 is 0.882 bits per heavy atom. The van der Waals surface area contributed by atoms with Crippen LogP contribution in [0.15, 0.2) is 18.3 Å². The zero-order valence-electron chi connectivity index (χ0n) is 11.1. The molecule has 0 saturated heterocycles. The van der Waals surface area contributed by atoms with E-state index in [1.165, 1.54) is 22.3 Å². The Kier molecular flexibility index (Phi) is 2.97. The van der Waals surface area contributed by atoms with Gasteiger partial charge >= 0.3 is 0 Å². The first-order chi connectivity index (χ1) is 8.00. The van der Waals surface area contributed by atoms with Gasteiger partial charge in [0, 0.05) is 11.8 Å².